The van der Waals surface area contributed by atoms with Gasteiger partial charge in [0, 0.05) is 11.1 Å². The van der Waals surface area contributed by atoms with E-state index in [2.05, 4.69) is 11.5 Å². The second kappa shape index (κ2) is 5.57. The van der Waals surface area contributed by atoms with Crippen LogP contribution < -0.4 is 0 Å². The third-order valence-electron chi connectivity index (χ3n) is 4.17. The van der Waals surface area contributed by atoms with E-state index in [0.29, 0.717) is 6.04 Å². The number of fused-ring (bicyclic) bond motifs is 1. The van der Waals surface area contributed by atoms with E-state index >= 15 is 0 Å². The summed E-state index contributed by atoms with van der Waals surface area (Å²) in [6.07, 6.45) is 5.07. The predicted octanol–water partition coefficient (Wildman–Crippen LogP) is 5.74. The molecule has 0 spiro atoms. The second-order valence-electron chi connectivity index (χ2n) is 5.83. The molecule has 1 aromatic heterocycles. The van der Waals surface area contributed by atoms with E-state index in [9.17, 15) is 0 Å². The fourth-order valence-corrected chi connectivity index (χ4v) is 3.26. The number of benzene rings is 1. The Hall–Kier alpha value is -0.730. The fourth-order valence-electron chi connectivity index (χ4n) is 2.94. The molecule has 4 heteroatoms. The average molecular weight is 311 g/mol. The molecule has 20 heavy (non-hydrogen) atoms. The van der Waals surface area contributed by atoms with Gasteiger partial charge in [-0.1, -0.05) is 31.4 Å². The molecule has 1 aliphatic carbocycles. The largest absolute Gasteiger partial charge is 0.324 e. The maximum atomic E-state index is 6.36. The van der Waals surface area contributed by atoms with Crippen molar-refractivity contribution in [3.8, 4) is 0 Å². The highest BCUT2D eigenvalue weighted by atomic mass is 35.5. The van der Waals surface area contributed by atoms with Crippen molar-refractivity contribution in [3.63, 3.8) is 0 Å². The summed E-state index contributed by atoms with van der Waals surface area (Å²) in [5.74, 6) is 1.85. The van der Waals surface area contributed by atoms with E-state index in [4.69, 9.17) is 28.2 Å². The van der Waals surface area contributed by atoms with Crippen LogP contribution in [0, 0.1) is 5.92 Å². The first-order valence-corrected chi connectivity index (χ1v) is 8.23. The zero-order valence-electron chi connectivity index (χ0n) is 11.9. The lowest BCUT2D eigenvalue weighted by molar-refractivity contribution is 0.425. The Labute approximate surface area is 130 Å². The molecule has 2 atom stereocenters. The molecule has 2 nitrogen and oxygen atoms in total. The number of rotatable bonds is 5. The lowest BCUT2D eigenvalue weighted by atomic mass is 10.1. The number of alkyl halides is 1. The van der Waals surface area contributed by atoms with Crippen molar-refractivity contribution in [2.75, 3.05) is 0 Å². The Bertz CT molecular complexity index is 614. The fraction of sp³-hybridized carbons (Fsp3) is 0.562. The van der Waals surface area contributed by atoms with Gasteiger partial charge in [-0.05, 0) is 43.9 Å². The van der Waals surface area contributed by atoms with E-state index in [1.54, 1.807) is 0 Å². The van der Waals surface area contributed by atoms with Gasteiger partial charge in [0.05, 0.1) is 16.4 Å². The Balaban J connectivity index is 2.12. The number of halogens is 2. The number of nitrogens with zero attached hydrogens (tertiary/aromatic N) is 2. The third-order valence-corrected chi connectivity index (χ3v) is 4.60. The van der Waals surface area contributed by atoms with Gasteiger partial charge in [-0.15, -0.1) is 11.6 Å². The van der Waals surface area contributed by atoms with Gasteiger partial charge in [-0.25, -0.2) is 4.98 Å². The van der Waals surface area contributed by atoms with Crippen LogP contribution in [-0.4, -0.2) is 9.55 Å². The van der Waals surface area contributed by atoms with E-state index < -0.39 is 0 Å². The maximum Gasteiger partial charge on any atom is 0.127 e. The number of imidazole rings is 1. The van der Waals surface area contributed by atoms with Crippen LogP contribution in [0.15, 0.2) is 18.2 Å². The minimum atomic E-state index is -0.0885. The summed E-state index contributed by atoms with van der Waals surface area (Å²) in [4.78, 5) is 4.72. The van der Waals surface area contributed by atoms with Crippen molar-refractivity contribution in [3.05, 3.63) is 29.0 Å². The van der Waals surface area contributed by atoms with E-state index in [0.717, 1.165) is 34.2 Å². The van der Waals surface area contributed by atoms with E-state index in [1.165, 1.54) is 19.3 Å². The van der Waals surface area contributed by atoms with Crippen LogP contribution >= 0.6 is 23.2 Å². The normalized spacial score (nSPS) is 18.4. The van der Waals surface area contributed by atoms with Crippen molar-refractivity contribution < 1.29 is 0 Å². The third kappa shape index (κ3) is 2.68. The van der Waals surface area contributed by atoms with Crippen molar-refractivity contribution >= 4 is 34.2 Å². The highest BCUT2D eigenvalue weighted by molar-refractivity contribution is 6.31. The molecule has 0 radical (unpaired) electrons. The lowest BCUT2D eigenvalue weighted by Crippen LogP contribution is -2.13. The van der Waals surface area contributed by atoms with Crippen molar-refractivity contribution in [1.82, 2.24) is 9.55 Å². The first-order valence-electron chi connectivity index (χ1n) is 7.41. The van der Waals surface area contributed by atoms with Crippen LogP contribution in [0.4, 0.5) is 0 Å². The molecule has 0 aliphatic heterocycles. The first kappa shape index (κ1) is 14.2. The molecule has 0 saturated heterocycles. The van der Waals surface area contributed by atoms with Gasteiger partial charge in [-0.3, -0.25) is 0 Å². The zero-order valence-corrected chi connectivity index (χ0v) is 13.5. The molecule has 0 amide bonds. The minimum absolute atomic E-state index is 0.0885. The molecule has 3 rings (SSSR count). The summed E-state index contributed by atoms with van der Waals surface area (Å²) in [6, 6.07) is 6.37. The molecule has 108 valence electrons. The summed E-state index contributed by atoms with van der Waals surface area (Å²) in [5.41, 5.74) is 2.11. The smallest absolute Gasteiger partial charge is 0.127 e. The van der Waals surface area contributed by atoms with E-state index in [1.807, 2.05) is 25.1 Å². The summed E-state index contributed by atoms with van der Waals surface area (Å²) in [7, 11) is 0. The summed E-state index contributed by atoms with van der Waals surface area (Å²) in [5, 5.41) is 0.670. The molecule has 0 N–H and O–H groups in total. The molecule has 1 aliphatic rings. The molecular weight excluding hydrogens is 291 g/mol. The van der Waals surface area contributed by atoms with Gasteiger partial charge in [0.15, 0.2) is 0 Å². The predicted molar refractivity (Wildman–Crippen MR) is 85.7 cm³/mol. The van der Waals surface area contributed by atoms with Crippen LogP contribution in [0.3, 0.4) is 0 Å². The molecule has 2 unspecified atom stereocenters. The van der Waals surface area contributed by atoms with Gasteiger partial charge < -0.3 is 4.57 Å². The van der Waals surface area contributed by atoms with Crippen LogP contribution in [0.2, 0.25) is 5.02 Å². The van der Waals surface area contributed by atoms with Crippen molar-refractivity contribution in [2.45, 2.75) is 50.9 Å². The molecule has 2 aromatic rings. The molecule has 1 heterocycles. The van der Waals surface area contributed by atoms with Gasteiger partial charge in [0.2, 0.25) is 0 Å². The SMILES string of the molecule is CCC(CC1CC1)n1c(C(C)Cl)nc2ccc(Cl)cc21. The minimum Gasteiger partial charge on any atom is -0.324 e. The lowest BCUT2D eigenvalue weighted by Gasteiger charge is -2.21. The monoisotopic (exact) mass is 310 g/mol. The average Bonchev–Trinajstić information content (AvgIpc) is 3.15. The van der Waals surface area contributed by atoms with Crippen LogP contribution in [0.25, 0.3) is 11.0 Å². The quantitative estimate of drug-likeness (QED) is 0.644. The molecule has 1 aromatic carbocycles. The highest BCUT2D eigenvalue weighted by Gasteiger charge is 2.28. The Morgan fingerprint density at radius 2 is 2.15 bits per heavy atom. The molecule has 1 saturated carbocycles. The Morgan fingerprint density at radius 3 is 2.75 bits per heavy atom. The van der Waals surface area contributed by atoms with Gasteiger partial charge in [0.1, 0.15) is 5.82 Å². The molecule has 0 bridgehead atoms. The summed E-state index contributed by atoms with van der Waals surface area (Å²) >= 11 is 12.5. The summed E-state index contributed by atoms with van der Waals surface area (Å²) in [6.45, 7) is 4.23. The van der Waals surface area contributed by atoms with Crippen LogP contribution in [0.5, 0.6) is 0 Å². The van der Waals surface area contributed by atoms with Gasteiger partial charge >= 0.3 is 0 Å². The Morgan fingerprint density at radius 1 is 1.40 bits per heavy atom. The number of hydrogen-bond acceptors (Lipinski definition) is 1. The second-order valence-corrected chi connectivity index (χ2v) is 6.92. The molecular formula is C16H20Cl2N2. The first-order chi connectivity index (χ1) is 9.60. The van der Waals surface area contributed by atoms with Crippen LogP contribution in [0.1, 0.15) is 56.8 Å². The van der Waals surface area contributed by atoms with Crippen LogP contribution in [-0.2, 0) is 0 Å². The maximum absolute atomic E-state index is 6.36. The van der Waals surface area contributed by atoms with Crippen molar-refractivity contribution in [1.29, 1.82) is 0 Å². The highest BCUT2D eigenvalue weighted by Crippen LogP contribution is 2.40. The summed E-state index contributed by atoms with van der Waals surface area (Å²) < 4.78 is 2.33. The van der Waals surface area contributed by atoms with Gasteiger partial charge in [0.25, 0.3) is 0 Å². The standard InChI is InChI=1S/C16H20Cl2N2/c1-3-13(8-11-4-5-11)20-15-9-12(18)6-7-14(15)19-16(20)10(2)17/h6-7,9-11,13H,3-5,8H2,1-2H3. The van der Waals surface area contributed by atoms with E-state index in [-0.39, 0.29) is 5.38 Å². The molecule has 1 fully saturated rings. The van der Waals surface area contributed by atoms with Gasteiger partial charge in [-0.2, -0.15) is 0 Å². The Kier molecular flexibility index (Phi) is 3.96. The topological polar surface area (TPSA) is 17.8 Å². The zero-order chi connectivity index (χ0) is 14.3. The number of hydrogen-bond donors (Lipinski definition) is 0. The van der Waals surface area contributed by atoms with Crippen molar-refractivity contribution in [2.24, 2.45) is 5.92 Å². The number of aromatic nitrogens is 2.